The fourth-order valence-electron chi connectivity index (χ4n) is 2.38. The molecule has 134 valence electrons. The van der Waals surface area contributed by atoms with E-state index in [4.69, 9.17) is 4.74 Å². The highest BCUT2D eigenvalue weighted by Gasteiger charge is 2.33. The van der Waals surface area contributed by atoms with Crippen LogP contribution in [0.1, 0.15) is 11.3 Å². The van der Waals surface area contributed by atoms with Gasteiger partial charge in [-0.1, -0.05) is 42.5 Å². The first-order valence-electron chi connectivity index (χ1n) is 7.84. The fourth-order valence-corrected chi connectivity index (χ4v) is 2.38. The first-order valence-corrected chi connectivity index (χ1v) is 7.84. The highest BCUT2D eigenvalue weighted by Crippen LogP contribution is 2.32. The van der Waals surface area contributed by atoms with E-state index in [1.807, 2.05) is 30.3 Å². The Balaban J connectivity index is 1.96. The molecule has 0 bridgehead atoms. The van der Waals surface area contributed by atoms with Gasteiger partial charge in [-0.25, -0.2) is 9.97 Å². The molecule has 0 saturated heterocycles. The van der Waals surface area contributed by atoms with E-state index in [9.17, 15) is 13.2 Å². The lowest BCUT2D eigenvalue weighted by atomic mass is 10.1. The standard InChI is InChI=1S/C19H16F3N3O/c1-26-15-9-5-8-14(10-15)16-11-17(19(20,21)22)25-18(24-16)23-12-13-6-3-2-4-7-13/h2-11H,12H2,1H3,(H,23,24,25). The molecular formula is C19H16F3N3O. The monoisotopic (exact) mass is 359 g/mol. The van der Waals surface area contributed by atoms with E-state index < -0.39 is 11.9 Å². The topological polar surface area (TPSA) is 47.0 Å². The molecule has 1 heterocycles. The maximum absolute atomic E-state index is 13.2. The largest absolute Gasteiger partial charge is 0.497 e. The average Bonchev–Trinajstić information content (AvgIpc) is 2.66. The van der Waals surface area contributed by atoms with Gasteiger partial charge in [0.25, 0.3) is 0 Å². The maximum atomic E-state index is 13.2. The van der Waals surface area contributed by atoms with Crippen LogP contribution >= 0.6 is 0 Å². The van der Waals surface area contributed by atoms with Crippen molar-refractivity contribution in [2.24, 2.45) is 0 Å². The maximum Gasteiger partial charge on any atom is 0.433 e. The zero-order valence-corrected chi connectivity index (χ0v) is 13.9. The van der Waals surface area contributed by atoms with Gasteiger partial charge in [0.1, 0.15) is 5.75 Å². The number of aromatic nitrogens is 2. The van der Waals surface area contributed by atoms with Crippen molar-refractivity contribution >= 4 is 5.95 Å². The summed E-state index contributed by atoms with van der Waals surface area (Å²) in [6.45, 7) is 0.319. The van der Waals surface area contributed by atoms with Crippen LogP contribution in [-0.2, 0) is 12.7 Å². The van der Waals surface area contributed by atoms with E-state index in [0.29, 0.717) is 17.9 Å². The molecule has 0 aliphatic heterocycles. The Hall–Kier alpha value is -3.09. The number of rotatable bonds is 5. The molecule has 2 aromatic carbocycles. The number of hydrogen-bond donors (Lipinski definition) is 1. The molecule has 0 radical (unpaired) electrons. The summed E-state index contributed by atoms with van der Waals surface area (Å²) in [5.41, 5.74) is 0.596. The van der Waals surface area contributed by atoms with Crippen LogP contribution in [0.25, 0.3) is 11.3 Å². The predicted molar refractivity (Wildman–Crippen MR) is 92.8 cm³/mol. The zero-order chi connectivity index (χ0) is 18.6. The lowest BCUT2D eigenvalue weighted by Crippen LogP contribution is -2.12. The Morgan fingerprint density at radius 3 is 2.42 bits per heavy atom. The number of halogens is 3. The summed E-state index contributed by atoms with van der Waals surface area (Å²) in [6, 6.07) is 16.9. The van der Waals surface area contributed by atoms with E-state index in [2.05, 4.69) is 15.3 Å². The van der Waals surface area contributed by atoms with E-state index in [0.717, 1.165) is 11.6 Å². The highest BCUT2D eigenvalue weighted by atomic mass is 19.4. The average molecular weight is 359 g/mol. The third-order valence-electron chi connectivity index (χ3n) is 3.68. The summed E-state index contributed by atoms with van der Waals surface area (Å²) in [4.78, 5) is 7.84. The van der Waals surface area contributed by atoms with Gasteiger partial charge in [-0.3, -0.25) is 0 Å². The first-order chi connectivity index (χ1) is 12.5. The minimum absolute atomic E-state index is 0.0819. The van der Waals surface area contributed by atoms with Gasteiger partial charge in [0.15, 0.2) is 5.69 Å². The van der Waals surface area contributed by atoms with Crippen molar-refractivity contribution < 1.29 is 17.9 Å². The van der Waals surface area contributed by atoms with Crippen LogP contribution < -0.4 is 10.1 Å². The van der Waals surface area contributed by atoms with Crippen LogP contribution in [0.5, 0.6) is 5.75 Å². The predicted octanol–water partition coefficient (Wildman–Crippen LogP) is 4.78. The van der Waals surface area contributed by atoms with Crippen molar-refractivity contribution in [2.45, 2.75) is 12.7 Å². The van der Waals surface area contributed by atoms with Crippen LogP contribution in [-0.4, -0.2) is 17.1 Å². The van der Waals surface area contributed by atoms with E-state index >= 15 is 0 Å². The molecule has 26 heavy (non-hydrogen) atoms. The Labute approximate surface area is 148 Å². The lowest BCUT2D eigenvalue weighted by Gasteiger charge is -2.12. The molecule has 3 aromatic rings. The normalized spacial score (nSPS) is 11.2. The Bertz CT molecular complexity index is 883. The lowest BCUT2D eigenvalue weighted by molar-refractivity contribution is -0.141. The van der Waals surface area contributed by atoms with Gasteiger partial charge < -0.3 is 10.1 Å². The van der Waals surface area contributed by atoms with Crippen molar-refractivity contribution in [1.82, 2.24) is 9.97 Å². The fraction of sp³-hybridized carbons (Fsp3) is 0.158. The summed E-state index contributed by atoms with van der Waals surface area (Å²) in [5.74, 6) is 0.454. The third kappa shape index (κ3) is 4.30. The smallest absolute Gasteiger partial charge is 0.433 e. The van der Waals surface area contributed by atoms with Gasteiger partial charge in [0, 0.05) is 12.1 Å². The molecule has 0 aliphatic carbocycles. The number of nitrogens with one attached hydrogen (secondary N) is 1. The van der Waals surface area contributed by atoms with Gasteiger partial charge in [0.2, 0.25) is 5.95 Å². The molecule has 1 N–H and O–H groups in total. The molecule has 1 aromatic heterocycles. The number of benzene rings is 2. The zero-order valence-electron chi connectivity index (χ0n) is 13.9. The van der Waals surface area contributed by atoms with E-state index in [1.54, 1.807) is 24.3 Å². The van der Waals surface area contributed by atoms with Crippen LogP contribution in [0.4, 0.5) is 19.1 Å². The number of nitrogens with zero attached hydrogens (tertiary/aromatic N) is 2. The van der Waals surface area contributed by atoms with Crippen molar-refractivity contribution in [3.05, 3.63) is 71.9 Å². The summed E-state index contributed by atoms with van der Waals surface area (Å²) in [7, 11) is 1.49. The summed E-state index contributed by atoms with van der Waals surface area (Å²) >= 11 is 0. The number of methoxy groups -OCH3 is 1. The number of alkyl halides is 3. The van der Waals surface area contributed by atoms with Gasteiger partial charge in [-0.2, -0.15) is 13.2 Å². The molecule has 0 saturated carbocycles. The van der Waals surface area contributed by atoms with E-state index in [-0.39, 0.29) is 11.6 Å². The summed E-state index contributed by atoms with van der Waals surface area (Å²) < 4.78 is 44.8. The Morgan fingerprint density at radius 1 is 0.962 bits per heavy atom. The minimum Gasteiger partial charge on any atom is -0.497 e. The van der Waals surface area contributed by atoms with Crippen molar-refractivity contribution in [1.29, 1.82) is 0 Å². The summed E-state index contributed by atoms with van der Waals surface area (Å²) in [6.07, 6.45) is -4.57. The first kappa shape index (κ1) is 17.7. The number of anilines is 1. The van der Waals surface area contributed by atoms with Crippen LogP contribution in [0.15, 0.2) is 60.7 Å². The molecule has 0 fully saturated rings. The van der Waals surface area contributed by atoms with Gasteiger partial charge in [-0.05, 0) is 23.8 Å². The molecular weight excluding hydrogens is 343 g/mol. The second-order valence-electron chi connectivity index (χ2n) is 5.53. The van der Waals surface area contributed by atoms with Crippen molar-refractivity contribution in [2.75, 3.05) is 12.4 Å². The van der Waals surface area contributed by atoms with E-state index in [1.165, 1.54) is 7.11 Å². The number of ether oxygens (including phenoxy) is 1. The summed E-state index contributed by atoms with van der Waals surface area (Å²) in [5, 5.41) is 2.86. The quantitative estimate of drug-likeness (QED) is 0.712. The van der Waals surface area contributed by atoms with Gasteiger partial charge in [0.05, 0.1) is 12.8 Å². The highest BCUT2D eigenvalue weighted by molar-refractivity contribution is 5.63. The van der Waals surface area contributed by atoms with Crippen molar-refractivity contribution in [3.8, 4) is 17.0 Å². The Morgan fingerprint density at radius 2 is 1.73 bits per heavy atom. The van der Waals surface area contributed by atoms with Crippen LogP contribution in [0.3, 0.4) is 0 Å². The second kappa shape index (κ2) is 7.43. The number of hydrogen-bond acceptors (Lipinski definition) is 4. The van der Waals surface area contributed by atoms with Crippen molar-refractivity contribution in [3.63, 3.8) is 0 Å². The van der Waals surface area contributed by atoms with Crippen LogP contribution in [0.2, 0.25) is 0 Å². The third-order valence-corrected chi connectivity index (χ3v) is 3.68. The molecule has 0 atom stereocenters. The molecule has 7 heteroatoms. The molecule has 0 unspecified atom stereocenters. The van der Waals surface area contributed by atoms with Gasteiger partial charge >= 0.3 is 6.18 Å². The Kier molecular flexibility index (Phi) is 5.06. The minimum atomic E-state index is -4.57. The molecule has 4 nitrogen and oxygen atoms in total. The second-order valence-corrected chi connectivity index (χ2v) is 5.53. The molecule has 0 aliphatic rings. The molecule has 3 rings (SSSR count). The molecule has 0 spiro atoms. The SMILES string of the molecule is COc1cccc(-c2cc(C(F)(F)F)nc(NCc3ccccc3)n2)c1. The molecule has 0 amide bonds. The van der Waals surface area contributed by atoms with Gasteiger partial charge in [-0.15, -0.1) is 0 Å². The van der Waals surface area contributed by atoms with Crippen LogP contribution in [0, 0.1) is 0 Å².